The maximum Gasteiger partial charge on any atom is 0.194 e. The topological polar surface area (TPSA) is 29.1 Å². The molecule has 2 aromatic rings. The number of ketones is 1. The van der Waals surface area contributed by atoms with E-state index in [0.29, 0.717) is 0 Å². The van der Waals surface area contributed by atoms with Gasteiger partial charge in [0.05, 0.1) is 0 Å². The summed E-state index contributed by atoms with van der Waals surface area (Å²) in [7, 11) is 0. The lowest BCUT2D eigenvalue weighted by Gasteiger charge is -2.12. The molecule has 100 valence electrons. The maximum atomic E-state index is 12.5. The van der Waals surface area contributed by atoms with Gasteiger partial charge >= 0.3 is 0 Å². The highest BCUT2D eigenvalue weighted by molar-refractivity contribution is 6.23. The van der Waals surface area contributed by atoms with Gasteiger partial charge < -0.3 is 5.32 Å². The fourth-order valence-corrected chi connectivity index (χ4v) is 2.93. The largest absolute Gasteiger partial charge is 0.361 e. The summed E-state index contributed by atoms with van der Waals surface area (Å²) in [5.74, 6) is 0.114. The third kappa shape index (κ3) is 1.77. The first-order valence-corrected chi connectivity index (χ1v) is 6.94. The van der Waals surface area contributed by atoms with Crippen LogP contribution in [-0.2, 0) is 0 Å². The molecule has 0 unspecified atom stereocenters. The van der Waals surface area contributed by atoms with Crippen molar-refractivity contribution in [2.24, 2.45) is 0 Å². The number of hydrogen-bond donors (Lipinski definition) is 1. The van der Waals surface area contributed by atoms with Crippen LogP contribution in [0.1, 0.15) is 21.5 Å². The molecule has 2 nitrogen and oxygen atoms in total. The zero-order valence-corrected chi connectivity index (χ0v) is 11.3. The van der Waals surface area contributed by atoms with Crippen molar-refractivity contribution in [2.75, 3.05) is 0 Å². The summed E-state index contributed by atoms with van der Waals surface area (Å²) >= 11 is 0. The minimum absolute atomic E-state index is 0.114. The fourth-order valence-electron chi connectivity index (χ4n) is 2.93. The summed E-state index contributed by atoms with van der Waals surface area (Å²) < 4.78 is 0. The summed E-state index contributed by atoms with van der Waals surface area (Å²) in [6.07, 6.45) is 9.85. The normalized spacial score (nSPS) is 15.0. The van der Waals surface area contributed by atoms with Crippen LogP contribution >= 0.6 is 0 Å². The van der Waals surface area contributed by atoms with Crippen molar-refractivity contribution < 1.29 is 4.79 Å². The zero-order valence-electron chi connectivity index (χ0n) is 11.3. The van der Waals surface area contributed by atoms with Gasteiger partial charge in [-0.2, -0.15) is 0 Å². The van der Waals surface area contributed by atoms with Crippen molar-refractivity contribution in [2.45, 2.75) is 0 Å². The first kappa shape index (κ1) is 11.9. The Morgan fingerprint density at radius 2 is 1.48 bits per heavy atom. The number of carbonyl (C=O) groups excluding carboxylic acids is 1. The Bertz CT molecular complexity index is 840. The van der Waals surface area contributed by atoms with Crippen LogP contribution in [0.4, 0.5) is 0 Å². The van der Waals surface area contributed by atoms with E-state index in [-0.39, 0.29) is 5.78 Å². The van der Waals surface area contributed by atoms with E-state index in [0.717, 1.165) is 33.5 Å². The van der Waals surface area contributed by atoms with Gasteiger partial charge in [0, 0.05) is 34.2 Å². The van der Waals surface area contributed by atoms with Gasteiger partial charge in [-0.1, -0.05) is 54.6 Å². The standard InChI is InChI=1S/C19H13NO/c21-19-14-8-4-3-7-13(14)18-15(9-6-10-16(18)19)17-11-2-1-5-12-20-17/h1-12,20H. The monoisotopic (exact) mass is 271 g/mol. The van der Waals surface area contributed by atoms with Crippen LogP contribution in [-0.4, -0.2) is 5.78 Å². The van der Waals surface area contributed by atoms with E-state index >= 15 is 0 Å². The molecule has 2 aromatic carbocycles. The summed E-state index contributed by atoms with van der Waals surface area (Å²) in [6, 6.07) is 13.7. The van der Waals surface area contributed by atoms with Gasteiger partial charge in [0.15, 0.2) is 5.78 Å². The average Bonchev–Trinajstić information content (AvgIpc) is 2.72. The van der Waals surface area contributed by atoms with Crippen LogP contribution in [0.3, 0.4) is 0 Å². The van der Waals surface area contributed by atoms with Crippen LogP contribution in [0.5, 0.6) is 0 Å². The number of nitrogens with one attached hydrogen (secondary N) is 1. The lowest BCUT2D eigenvalue weighted by Crippen LogP contribution is -2.05. The molecule has 0 bridgehead atoms. The van der Waals surface area contributed by atoms with Gasteiger partial charge in [0.2, 0.25) is 0 Å². The molecule has 0 radical (unpaired) electrons. The number of allylic oxidation sites excluding steroid dienone is 4. The van der Waals surface area contributed by atoms with E-state index in [1.807, 2.05) is 66.9 Å². The molecular formula is C19H13NO. The van der Waals surface area contributed by atoms with Crippen molar-refractivity contribution in [3.05, 3.63) is 89.7 Å². The van der Waals surface area contributed by atoms with Gasteiger partial charge in [-0.3, -0.25) is 4.79 Å². The fraction of sp³-hybridized carbons (Fsp3) is 0. The van der Waals surface area contributed by atoms with E-state index in [2.05, 4.69) is 11.4 Å². The van der Waals surface area contributed by atoms with Crippen molar-refractivity contribution in [1.82, 2.24) is 5.32 Å². The number of benzene rings is 2. The van der Waals surface area contributed by atoms with Gasteiger partial charge in [-0.05, 0) is 17.7 Å². The molecule has 0 spiro atoms. The molecule has 2 aliphatic rings. The van der Waals surface area contributed by atoms with Gasteiger partial charge in [-0.15, -0.1) is 0 Å². The van der Waals surface area contributed by atoms with Crippen molar-refractivity contribution in [1.29, 1.82) is 0 Å². The lowest BCUT2D eigenvalue weighted by molar-refractivity contribution is 0.104. The molecule has 1 N–H and O–H groups in total. The van der Waals surface area contributed by atoms with Crippen LogP contribution < -0.4 is 5.32 Å². The number of carbonyl (C=O) groups is 1. The van der Waals surface area contributed by atoms with Crippen LogP contribution in [0.25, 0.3) is 16.8 Å². The lowest BCUT2D eigenvalue weighted by atomic mass is 9.97. The minimum atomic E-state index is 0.114. The van der Waals surface area contributed by atoms with E-state index in [9.17, 15) is 4.79 Å². The molecule has 0 saturated carbocycles. The highest BCUT2D eigenvalue weighted by Crippen LogP contribution is 2.40. The van der Waals surface area contributed by atoms with Crippen molar-refractivity contribution in [3.63, 3.8) is 0 Å². The second kappa shape index (κ2) is 4.60. The summed E-state index contributed by atoms with van der Waals surface area (Å²) in [5.41, 5.74) is 5.69. The molecule has 4 rings (SSSR count). The molecule has 2 heteroatoms. The summed E-state index contributed by atoms with van der Waals surface area (Å²) in [6.45, 7) is 0. The van der Waals surface area contributed by atoms with E-state index in [1.54, 1.807) is 0 Å². The third-order valence-corrected chi connectivity index (χ3v) is 3.86. The van der Waals surface area contributed by atoms with Gasteiger partial charge in [0.1, 0.15) is 0 Å². The Morgan fingerprint density at radius 3 is 2.38 bits per heavy atom. The molecule has 0 atom stereocenters. The van der Waals surface area contributed by atoms with Gasteiger partial charge in [-0.25, -0.2) is 0 Å². The minimum Gasteiger partial charge on any atom is -0.361 e. The quantitative estimate of drug-likeness (QED) is 0.727. The molecule has 0 aromatic heterocycles. The van der Waals surface area contributed by atoms with Gasteiger partial charge in [0.25, 0.3) is 0 Å². The number of rotatable bonds is 1. The van der Waals surface area contributed by atoms with E-state index < -0.39 is 0 Å². The molecule has 0 fully saturated rings. The van der Waals surface area contributed by atoms with Crippen molar-refractivity contribution in [3.8, 4) is 11.1 Å². The third-order valence-electron chi connectivity index (χ3n) is 3.86. The Labute approximate surface area is 123 Å². The predicted octanol–water partition coefficient (Wildman–Crippen LogP) is 3.91. The van der Waals surface area contributed by atoms with Crippen LogP contribution in [0.2, 0.25) is 0 Å². The Hall–Kier alpha value is -2.87. The molecule has 0 saturated heterocycles. The second-order valence-electron chi connectivity index (χ2n) is 5.07. The zero-order chi connectivity index (χ0) is 14.2. The smallest absolute Gasteiger partial charge is 0.194 e. The Morgan fingerprint density at radius 1 is 0.714 bits per heavy atom. The summed E-state index contributed by atoms with van der Waals surface area (Å²) in [5, 5.41) is 3.28. The number of hydrogen-bond acceptors (Lipinski definition) is 2. The summed E-state index contributed by atoms with van der Waals surface area (Å²) in [4.78, 5) is 12.5. The van der Waals surface area contributed by atoms with Crippen LogP contribution in [0, 0.1) is 0 Å². The van der Waals surface area contributed by atoms with E-state index in [1.165, 1.54) is 0 Å². The highest BCUT2D eigenvalue weighted by atomic mass is 16.1. The number of fused-ring (bicyclic) bond motifs is 3. The molecule has 1 aliphatic heterocycles. The highest BCUT2D eigenvalue weighted by Gasteiger charge is 2.28. The first-order chi connectivity index (χ1) is 10.4. The SMILES string of the molecule is O=C1c2ccccc2-c2c1cccc2C1=CC=CC=CN1. The second-order valence-corrected chi connectivity index (χ2v) is 5.07. The molecule has 21 heavy (non-hydrogen) atoms. The van der Waals surface area contributed by atoms with Crippen molar-refractivity contribution >= 4 is 11.5 Å². The average molecular weight is 271 g/mol. The van der Waals surface area contributed by atoms with E-state index in [4.69, 9.17) is 0 Å². The molecule has 1 heterocycles. The first-order valence-electron chi connectivity index (χ1n) is 6.94. The molecule has 1 aliphatic carbocycles. The Balaban J connectivity index is 1.99. The molecule has 0 amide bonds. The molecular weight excluding hydrogens is 258 g/mol. The Kier molecular flexibility index (Phi) is 2.61. The predicted molar refractivity (Wildman–Crippen MR) is 84.7 cm³/mol. The van der Waals surface area contributed by atoms with Crippen LogP contribution in [0.15, 0.2) is 73.0 Å². The maximum absolute atomic E-state index is 12.5.